The summed E-state index contributed by atoms with van der Waals surface area (Å²) in [6, 6.07) is 10.8. The standard InChI is InChI=1S/C41H69NO2Si/c1-29(27-42(8)28-31-17-12-11-13-18-31)15-14-16-30(2)38-37(43)26-36-34-20-19-32-25-33(44-45(9,10)39(3,4)5)21-23-40(32,6)35(34)22-24-41(36,38)7/h11-13,17-19,29-30,33-38,43H,14-16,20-28H2,1-10H3/t29-,30-,33+,34-,35+,36+,37+,38+,40+,41+/m1/s1. The molecule has 1 aromatic carbocycles. The Morgan fingerprint density at radius 1 is 1.02 bits per heavy atom. The van der Waals surface area contributed by atoms with Gasteiger partial charge in [0.25, 0.3) is 0 Å². The van der Waals surface area contributed by atoms with Crippen molar-refractivity contribution in [3.8, 4) is 0 Å². The minimum absolute atomic E-state index is 0.130. The number of aliphatic hydroxyl groups excluding tert-OH is 1. The molecular formula is C41H69NO2Si. The largest absolute Gasteiger partial charge is 0.414 e. The summed E-state index contributed by atoms with van der Waals surface area (Å²) in [5.74, 6) is 3.92. The van der Waals surface area contributed by atoms with Crippen LogP contribution in [0.3, 0.4) is 0 Å². The van der Waals surface area contributed by atoms with Crippen LogP contribution in [0.5, 0.6) is 0 Å². The molecule has 3 nitrogen and oxygen atoms in total. The molecule has 0 radical (unpaired) electrons. The van der Waals surface area contributed by atoms with E-state index >= 15 is 0 Å². The third-order valence-electron chi connectivity index (χ3n) is 14.3. The minimum atomic E-state index is -1.76. The average molecular weight is 636 g/mol. The zero-order valence-electron chi connectivity index (χ0n) is 30.9. The van der Waals surface area contributed by atoms with E-state index in [9.17, 15) is 5.11 Å². The lowest BCUT2D eigenvalue weighted by molar-refractivity contribution is -0.0613. The number of hydrogen-bond donors (Lipinski definition) is 1. The number of hydrogen-bond acceptors (Lipinski definition) is 3. The van der Waals surface area contributed by atoms with Crippen molar-refractivity contribution in [1.82, 2.24) is 4.90 Å². The van der Waals surface area contributed by atoms with Crippen molar-refractivity contribution in [1.29, 1.82) is 0 Å². The molecule has 0 amide bonds. The zero-order chi connectivity index (χ0) is 32.8. The summed E-state index contributed by atoms with van der Waals surface area (Å²) in [7, 11) is 0.504. The number of benzene rings is 1. The lowest BCUT2D eigenvalue weighted by Crippen LogP contribution is -2.52. The first kappa shape index (κ1) is 35.4. The van der Waals surface area contributed by atoms with Gasteiger partial charge in [-0.15, -0.1) is 0 Å². The third kappa shape index (κ3) is 7.25. The van der Waals surface area contributed by atoms with Crippen LogP contribution in [0.1, 0.15) is 118 Å². The maximum Gasteiger partial charge on any atom is 0.192 e. The molecule has 0 unspecified atom stereocenters. The van der Waals surface area contributed by atoms with Crippen LogP contribution in [0, 0.1) is 46.3 Å². The Hall–Kier alpha value is -0.943. The smallest absolute Gasteiger partial charge is 0.192 e. The van der Waals surface area contributed by atoms with Gasteiger partial charge in [0.2, 0.25) is 0 Å². The number of aliphatic hydroxyl groups is 1. The molecule has 3 fully saturated rings. The molecule has 5 rings (SSSR count). The lowest BCUT2D eigenvalue weighted by atomic mass is 9.47. The Morgan fingerprint density at radius 2 is 1.73 bits per heavy atom. The first-order chi connectivity index (χ1) is 21.0. The Morgan fingerprint density at radius 3 is 2.42 bits per heavy atom. The van der Waals surface area contributed by atoms with Gasteiger partial charge in [0, 0.05) is 19.2 Å². The van der Waals surface area contributed by atoms with Crippen LogP contribution in [0.4, 0.5) is 0 Å². The van der Waals surface area contributed by atoms with Crippen LogP contribution in [0.25, 0.3) is 0 Å². The van der Waals surface area contributed by atoms with Crippen molar-refractivity contribution >= 4 is 8.32 Å². The molecule has 45 heavy (non-hydrogen) atoms. The van der Waals surface area contributed by atoms with Gasteiger partial charge in [0.15, 0.2) is 8.32 Å². The van der Waals surface area contributed by atoms with E-state index in [1.54, 1.807) is 5.57 Å². The van der Waals surface area contributed by atoms with E-state index in [1.807, 2.05) is 0 Å². The highest BCUT2D eigenvalue weighted by Crippen LogP contribution is 2.67. The summed E-state index contributed by atoms with van der Waals surface area (Å²) in [4.78, 5) is 2.48. The Kier molecular flexibility index (Phi) is 10.6. The molecule has 4 aliphatic carbocycles. The van der Waals surface area contributed by atoms with E-state index in [4.69, 9.17) is 4.43 Å². The number of rotatable bonds is 11. The van der Waals surface area contributed by atoms with Gasteiger partial charge in [-0.05, 0) is 128 Å². The summed E-state index contributed by atoms with van der Waals surface area (Å²) in [5, 5.41) is 11.9. The molecule has 1 aromatic rings. The number of allylic oxidation sites excluding steroid dienone is 1. The zero-order valence-corrected chi connectivity index (χ0v) is 31.9. The predicted molar refractivity (Wildman–Crippen MR) is 194 cm³/mol. The second-order valence-corrected chi connectivity index (χ2v) is 23.3. The van der Waals surface area contributed by atoms with Crippen LogP contribution in [0.15, 0.2) is 42.0 Å². The lowest BCUT2D eigenvalue weighted by Gasteiger charge is -2.58. The normalized spacial score (nSPS) is 36.6. The van der Waals surface area contributed by atoms with Gasteiger partial charge in [-0.1, -0.05) is 103 Å². The summed E-state index contributed by atoms with van der Waals surface area (Å²) < 4.78 is 6.97. The molecule has 0 heterocycles. The van der Waals surface area contributed by atoms with Crippen molar-refractivity contribution in [2.75, 3.05) is 13.6 Å². The second kappa shape index (κ2) is 13.5. The highest BCUT2D eigenvalue weighted by Gasteiger charge is 2.61. The quantitative estimate of drug-likeness (QED) is 0.194. The van der Waals surface area contributed by atoms with Gasteiger partial charge >= 0.3 is 0 Å². The van der Waals surface area contributed by atoms with Crippen LogP contribution in [-0.4, -0.2) is 44.1 Å². The summed E-state index contributed by atoms with van der Waals surface area (Å²) in [6.45, 7) is 24.2. The Bertz CT molecular complexity index is 1160. The van der Waals surface area contributed by atoms with E-state index in [2.05, 4.69) is 110 Å². The van der Waals surface area contributed by atoms with Gasteiger partial charge in [0.1, 0.15) is 0 Å². The summed E-state index contributed by atoms with van der Waals surface area (Å²) in [6.07, 6.45) is 15.3. The molecule has 0 aromatic heterocycles. The SMILES string of the molecule is C[C@H](CCC[C@@H](C)[C@H]1[C@@H](O)C[C@H]2[C@@H]3CC=C4C[C@@H](O[Si](C)(C)C(C)(C)C)CC[C@]4(C)[C@H]3CC[C@]12C)CN(C)Cc1ccccc1. The van der Waals surface area contributed by atoms with Crippen molar-refractivity contribution in [2.45, 2.75) is 150 Å². The first-order valence-electron chi connectivity index (χ1n) is 18.8. The maximum absolute atomic E-state index is 11.7. The fourth-order valence-electron chi connectivity index (χ4n) is 11.0. The second-order valence-electron chi connectivity index (χ2n) is 18.6. The summed E-state index contributed by atoms with van der Waals surface area (Å²) >= 11 is 0. The molecule has 254 valence electrons. The molecule has 4 heteroatoms. The molecular weight excluding hydrogens is 567 g/mol. The van der Waals surface area contributed by atoms with Gasteiger partial charge in [-0.3, -0.25) is 0 Å². The summed E-state index contributed by atoms with van der Waals surface area (Å²) in [5.41, 5.74) is 3.73. The van der Waals surface area contributed by atoms with Gasteiger partial charge in [-0.2, -0.15) is 0 Å². The Labute approximate surface area is 279 Å². The van der Waals surface area contributed by atoms with E-state index in [1.165, 1.54) is 56.9 Å². The van der Waals surface area contributed by atoms with Gasteiger partial charge in [-0.25, -0.2) is 0 Å². The molecule has 0 aliphatic heterocycles. The molecule has 3 saturated carbocycles. The van der Waals surface area contributed by atoms with Crippen molar-refractivity contribution in [2.24, 2.45) is 46.3 Å². The third-order valence-corrected chi connectivity index (χ3v) is 18.9. The van der Waals surface area contributed by atoms with Gasteiger partial charge < -0.3 is 14.4 Å². The maximum atomic E-state index is 11.7. The average Bonchev–Trinajstić information content (AvgIpc) is 3.22. The predicted octanol–water partition coefficient (Wildman–Crippen LogP) is 10.5. The topological polar surface area (TPSA) is 32.7 Å². The van der Waals surface area contributed by atoms with Crippen LogP contribution in [-0.2, 0) is 11.0 Å². The monoisotopic (exact) mass is 636 g/mol. The van der Waals surface area contributed by atoms with E-state index < -0.39 is 8.32 Å². The van der Waals surface area contributed by atoms with E-state index in [-0.39, 0.29) is 16.6 Å². The highest BCUT2D eigenvalue weighted by atomic mass is 28.4. The minimum Gasteiger partial charge on any atom is -0.414 e. The van der Waals surface area contributed by atoms with Crippen molar-refractivity contribution in [3.63, 3.8) is 0 Å². The first-order valence-corrected chi connectivity index (χ1v) is 21.7. The Balaban J connectivity index is 1.17. The molecule has 0 saturated heterocycles. The van der Waals surface area contributed by atoms with Gasteiger partial charge in [0.05, 0.1) is 6.10 Å². The van der Waals surface area contributed by atoms with Crippen molar-refractivity contribution in [3.05, 3.63) is 47.5 Å². The highest BCUT2D eigenvalue weighted by molar-refractivity contribution is 6.74. The molecule has 1 N–H and O–H groups in total. The van der Waals surface area contributed by atoms with E-state index in [0.717, 1.165) is 37.8 Å². The fourth-order valence-corrected chi connectivity index (χ4v) is 12.3. The van der Waals surface area contributed by atoms with Crippen LogP contribution in [0.2, 0.25) is 18.1 Å². The van der Waals surface area contributed by atoms with E-state index in [0.29, 0.717) is 35.2 Å². The van der Waals surface area contributed by atoms with Crippen LogP contribution >= 0.6 is 0 Å². The van der Waals surface area contributed by atoms with Crippen molar-refractivity contribution < 1.29 is 9.53 Å². The van der Waals surface area contributed by atoms with Crippen LogP contribution < -0.4 is 0 Å². The fraction of sp³-hybridized carbons (Fsp3) is 0.805. The molecule has 10 atom stereocenters. The molecule has 4 aliphatic rings. The molecule has 0 spiro atoms. The number of fused-ring (bicyclic) bond motifs is 5. The molecule has 0 bridgehead atoms. The number of nitrogens with zero attached hydrogens (tertiary/aromatic N) is 1.